The molecule has 0 amide bonds. The standard InChI is InChI=1S/C12H18BrNO2S/c1-3-11(17(15,16)4-2)12(14)9-5-7-10(13)8-6-9/h5-8,11-12H,3-4,14H2,1-2H3. The van der Waals surface area contributed by atoms with Crippen LogP contribution in [0.25, 0.3) is 0 Å². The molecule has 0 heterocycles. The molecule has 17 heavy (non-hydrogen) atoms. The quantitative estimate of drug-likeness (QED) is 0.907. The van der Waals surface area contributed by atoms with Crippen molar-refractivity contribution in [3.8, 4) is 0 Å². The lowest BCUT2D eigenvalue weighted by molar-refractivity contribution is 0.549. The summed E-state index contributed by atoms with van der Waals surface area (Å²) in [5.41, 5.74) is 6.93. The lowest BCUT2D eigenvalue weighted by atomic mass is 10.0. The molecule has 0 bridgehead atoms. The van der Waals surface area contributed by atoms with Crippen molar-refractivity contribution < 1.29 is 8.42 Å². The van der Waals surface area contributed by atoms with Crippen LogP contribution in [0.2, 0.25) is 0 Å². The fourth-order valence-corrected chi connectivity index (χ4v) is 3.65. The minimum atomic E-state index is -3.10. The van der Waals surface area contributed by atoms with E-state index in [9.17, 15) is 8.42 Å². The van der Waals surface area contributed by atoms with Crippen molar-refractivity contribution in [1.29, 1.82) is 0 Å². The SMILES string of the molecule is CCC(C(N)c1ccc(Br)cc1)S(=O)(=O)CC. The van der Waals surface area contributed by atoms with Gasteiger partial charge in [0.1, 0.15) is 0 Å². The van der Waals surface area contributed by atoms with Crippen LogP contribution in [0.15, 0.2) is 28.7 Å². The molecule has 0 aromatic heterocycles. The van der Waals surface area contributed by atoms with Crippen LogP contribution >= 0.6 is 15.9 Å². The second-order valence-corrected chi connectivity index (χ2v) is 7.40. The number of nitrogens with two attached hydrogens (primary N) is 1. The van der Waals surface area contributed by atoms with E-state index in [-0.39, 0.29) is 5.75 Å². The first-order chi connectivity index (χ1) is 7.92. The molecule has 0 saturated heterocycles. The molecule has 0 fully saturated rings. The van der Waals surface area contributed by atoms with Crippen molar-refractivity contribution in [1.82, 2.24) is 0 Å². The first-order valence-corrected chi connectivity index (χ1v) is 8.15. The Kier molecular flexibility index (Phi) is 5.16. The number of sulfone groups is 1. The maximum atomic E-state index is 11.9. The average Bonchev–Trinajstić information content (AvgIpc) is 2.30. The highest BCUT2D eigenvalue weighted by molar-refractivity contribution is 9.10. The molecule has 2 N–H and O–H groups in total. The van der Waals surface area contributed by atoms with Gasteiger partial charge in [0.2, 0.25) is 0 Å². The minimum Gasteiger partial charge on any atom is -0.323 e. The number of hydrogen-bond donors (Lipinski definition) is 1. The third-order valence-electron chi connectivity index (χ3n) is 2.92. The molecule has 5 heteroatoms. The first kappa shape index (κ1) is 14.7. The molecule has 1 aromatic rings. The Bertz CT molecular complexity index is 456. The summed E-state index contributed by atoms with van der Waals surface area (Å²) in [4.78, 5) is 0. The Balaban J connectivity index is 3.02. The zero-order valence-corrected chi connectivity index (χ0v) is 12.5. The van der Waals surface area contributed by atoms with Gasteiger partial charge in [0.15, 0.2) is 9.84 Å². The fourth-order valence-electron chi connectivity index (χ4n) is 1.84. The zero-order valence-electron chi connectivity index (χ0n) is 10.1. The highest BCUT2D eigenvalue weighted by atomic mass is 79.9. The van der Waals surface area contributed by atoms with Crippen LogP contribution in [0.4, 0.5) is 0 Å². The molecule has 2 unspecified atom stereocenters. The van der Waals surface area contributed by atoms with Gasteiger partial charge in [-0.25, -0.2) is 8.42 Å². The summed E-state index contributed by atoms with van der Waals surface area (Å²) in [5.74, 6) is 0.135. The summed E-state index contributed by atoms with van der Waals surface area (Å²) >= 11 is 3.34. The highest BCUT2D eigenvalue weighted by Gasteiger charge is 2.29. The van der Waals surface area contributed by atoms with Gasteiger partial charge >= 0.3 is 0 Å². The predicted molar refractivity (Wildman–Crippen MR) is 74.6 cm³/mol. The van der Waals surface area contributed by atoms with Crippen molar-refractivity contribution in [2.24, 2.45) is 5.73 Å². The van der Waals surface area contributed by atoms with Crippen molar-refractivity contribution in [3.63, 3.8) is 0 Å². The Labute approximate surface area is 111 Å². The topological polar surface area (TPSA) is 60.2 Å². The van der Waals surface area contributed by atoms with Crippen molar-refractivity contribution in [2.45, 2.75) is 31.6 Å². The molecular weight excluding hydrogens is 302 g/mol. The van der Waals surface area contributed by atoms with Crippen molar-refractivity contribution in [2.75, 3.05) is 5.75 Å². The Hall–Kier alpha value is -0.390. The van der Waals surface area contributed by atoms with Gasteiger partial charge in [-0.3, -0.25) is 0 Å². The van der Waals surface area contributed by atoms with Crippen LogP contribution in [-0.4, -0.2) is 19.4 Å². The maximum Gasteiger partial charge on any atom is 0.154 e. The molecule has 0 spiro atoms. The van der Waals surface area contributed by atoms with Crippen LogP contribution in [0, 0.1) is 0 Å². The van der Waals surface area contributed by atoms with Crippen molar-refractivity contribution >= 4 is 25.8 Å². The van der Waals surface area contributed by atoms with E-state index in [1.807, 2.05) is 31.2 Å². The average molecular weight is 320 g/mol. The van der Waals surface area contributed by atoms with Gasteiger partial charge in [0, 0.05) is 16.3 Å². The van der Waals surface area contributed by atoms with Gasteiger partial charge in [0.05, 0.1) is 5.25 Å². The van der Waals surface area contributed by atoms with Crippen LogP contribution in [0.1, 0.15) is 31.9 Å². The summed E-state index contributed by atoms with van der Waals surface area (Å²) in [6.45, 7) is 3.52. The normalized spacial score (nSPS) is 15.5. The summed E-state index contributed by atoms with van der Waals surface area (Å²) in [7, 11) is -3.10. The van der Waals surface area contributed by atoms with Gasteiger partial charge in [0.25, 0.3) is 0 Å². The molecule has 96 valence electrons. The number of benzene rings is 1. The van der Waals surface area contributed by atoms with Crippen LogP contribution in [0.5, 0.6) is 0 Å². The van der Waals surface area contributed by atoms with E-state index in [1.165, 1.54) is 0 Å². The molecular formula is C12H18BrNO2S. The molecule has 1 rings (SSSR count). The predicted octanol–water partition coefficient (Wildman–Crippen LogP) is 2.66. The second-order valence-electron chi connectivity index (χ2n) is 3.98. The molecule has 0 aliphatic heterocycles. The fraction of sp³-hybridized carbons (Fsp3) is 0.500. The van der Waals surface area contributed by atoms with Crippen molar-refractivity contribution in [3.05, 3.63) is 34.3 Å². The molecule has 2 atom stereocenters. The van der Waals surface area contributed by atoms with Crippen LogP contribution < -0.4 is 5.73 Å². The number of rotatable bonds is 5. The molecule has 0 aliphatic rings. The maximum absolute atomic E-state index is 11.9. The monoisotopic (exact) mass is 319 g/mol. The van der Waals surface area contributed by atoms with Gasteiger partial charge in [-0.05, 0) is 24.1 Å². The van der Waals surface area contributed by atoms with Gasteiger partial charge < -0.3 is 5.73 Å². The van der Waals surface area contributed by atoms with E-state index in [4.69, 9.17) is 5.73 Å². The van der Waals surface area contributed by atoms with E-state index in [2.05, 4.69) is 15.9 Å². The number of halogens is 1. The highest BCUT2D eigenvalue weighted by Crippen LogP contribution is 2.24. The lowest BCUT2D eigenvalue weighted by Crippen LogP contribution is -2.34. The third-order valence-corrected chi connectivity index (χ3v) is 5.80. The van der Waals surface area contributed by atoms with Gasteiger partial charge in [-0.15, -0.1) is 0 Å². The summed E-state index contributed by atoms with van der Waals surface area (Å²) in [6, 6.07) is 7.02. The van der Waals surface area contributed by atoms with E-state index in [1.54, 1.807) is 6.92 Å². The second kappa shape index (κ2) is 5.98. The van der Waals surface area contributed by atoms with E-state index in [0.717, 1.165) is 10.0 Å². The lowest BCUT2D eigenvalue weighted by Gasteiger charge is -2.22. The Morgan fingerprint density at radius 1 is 1.24 bits per heavy atom. The largest absolute Gasteiger partial charge is 0.323 e. The van der Waals surface area contributed by atoms with Crippen LogP contribution in [-0.2, 0) is 9.84 Å². The molecule has 1 aromatic carbocycles. The Morgan fingerprint density at radius 3 is 2.18 bits per heavy atom. The smallest absolute Gasteiger partial charge is 0.154 e. The van der Waals surface area contributed by atoms with Gasteiger partial charge in [-0.1, -0.05) is 41.9 Å². The van der Waals surface area contributed by atoms with E-state index >= 15 is 0 Å². The third kappa shape index (κ3) is 3.53. The molecule has 3 nitrogen and oxygen atoms in total. The minimum absolute atomic E-state index is 0.135. The number of hydrogen-bond acceptors (Lipinski definition) is 3. The van der Waals surface area contributed by atoms with Crippen LogP contribution in [0.3, 0.4) is 0 Å². The molecule has 0 aliphatic carbocycles. The summed E-state index contributed by atoms with van der Waals surface area (Å²) in [6.07, 6.45) is 0.535. The zero-order chi connectivity index (χ0) is 13.1. The Morgan fingerprint density at radius 2 is 1.76 bits per heavy atom. The van der Waals surface area contributed by atoms with E-state index < -0.39 is 21.1 Å². The van der Waals surface area contributed by atoms with Gasteiger partial charge in [-0.2, -0.15) is 0 Å². The summed E-state index contributed by atoms with van der Waals surface area (Å²) in [5, 5.41) is -0.506. The summed E-state index contributed by atoms with van der Waals surface area (Å²) < 4.78 is 24.8. The van der Waals surface area contributed by atoms with E-state index in [0.29, 0.717) is 6.42 Å². The molecule has 0 saturated carbocycles. The first-order valence-electron chi connectivity index (χ1n) is 5.65. The molecule has 0 radical (unpaired) electrons.